The Morgan fingerprint density at radius 2 is 2.00 bits per heavy atom. The minimum atomic E-state index is -3.63. The lowest BCUT2D eigenvalue weighted by Crippen LogP contribution is -2.12. The molecule has 0 amide bonds. The molecule has 0 aliphatic carbocycles. The van der Waals surface area contributed by atoms with Gasteiger partial charge in [0.05, 0.1) is 23.5 Å². The van der Waals surface area contributed by atoms with E-state index in [4.69, 9.17) is 5.14 Å². The molecule has 2 rings (SSSR count). The fraction of sp³-hybridized carbons (Fsp3) is 0.308. The van der Waals surface area contributed by atoms with Crippen LogP contribution in [0.1, 0.15) is 19.0 Å². The molecule has 0 saturated heterocycles. The van der Waals surface area contributed by atoms with E-state index in [1.807, 2.05) is 12.5 Å². The third-order valence-corrected chi connectivity index (χ3v) is 3.85. The van der Waals surface area contributed by atoms with Crippen molar-refractivity contribution >= 4 is 15.7 Å². The predicted molar refractivity (Wildman–Crippen MR) is 77.7 cm³/mol. The number of anilines is 1. The minimum Gasteiger partial charge on any atom is -0.379 e. The third kappa shape index (κ3) is 3.58. The minimum absolute atomic E-state index is 0.110. The fourth-order valence-corrected chi connectivity index (χ4v) is 2.41. The first kappa shape index (κ1) is 14.5. The van der Waals surface area contributed by atoms with Gasteiger partial charge in [-0.1, -0.05) is 6.92 Å². The molecule has 1 heterocycles. The third-order valence-electron chi connectivity index (χ3n) is 2.92. The molecule has 3 N–H and O–H groups in total. The normalized spacial score (nSPS) is 11.5. The number of hydrogen-bond donors (Lipinski definition) is 2. The highest BCUT2D eigenvalue weighted by atomic mass is 32.2. The van der Waals surface area contributed by atoms with Gasteiger partial charge in [-0.05, 0) is 30.7 Å². The van der Waals surface area contributed by atoms with Gasteiger partial charge < -0.3 is 9.88 Å². The van der Waals surface area contributed by atoms with Crippen molar-refractivity contribution in [2.45, 2.75) is 31.3 Å². The van der Waals surface area contributed by atoms with Gasteiger partial charge in [-0.3, -0.25) is 0 Å². The quantitative estimate of drug-likeness (QED) is 0.846. The van der Waals surface area contributed by atoms with Crippen molar-refractivity contribution in [1.29, 1.82) is 0 Å². The second-order valence-corrected chi connectivity index (χ2v) is 6.06. The van der Waals surface area contributed by atoms with Crippen LogP contribution in [0.25, 0.3) is 0 Å². The van der Waals surface area contributed by atoms with Crippen molar-refractivity contribution in [3.63, 3.8) is 0 Å². The summed E-state index contributed by atoms with van der Waals surface area (Å²) in [7, 11) is -3.63. The Labute approximate surface area is 118 Å². The van der Waals surface area contributed by atoms with Crippen LogP contribution >= 0.6 is 0 Å². The zero-order valence-electron chi connectivity index (χ0n) is 11.3. The smallest absolute Gasteiger partial charge is 0.238 e. The molecular weight excluding hydrogens is 276 g/mol. The van der Waals surface area contributed by atoms with Gasteiger partial charge in [0, 0.05) is 18.4 Å². The van der Waals surface area contributed by atoms with Gasteiger partial charge in [0.2, 0.25) is 10.0 Å². The molecule has 1 aromatic carbocycles. The molecule has 0 bridgehead atoms. The maximum Gasteiger partial charge on any atom is 0.238 e. The van der Waals surface area contributed by atoms with E-state index < -0.39 is 10.0 Å². The number of hydrogen-bond acceptors (Lipinski definition) is 4. The van der Waals surface area contributed by atoms with Crippen molar-refractivity contribution < 1.29 is 8.42 Å². The summed E-state index contributed by atoms with van der Waals surface area (Å²) in [6, 6.07) is 6.36. The Morgan fingerprint density at radius 3 is 2.60 bits per heavy atom. The van der Waals surface area contributed by atoms with E-state index >= 15 is 0 Å². The molecule has 0 fully saturated rings. The van der Waals surface area contributed by atoms with Crippen LogP contribution in [0.5, 0.6) is 0 Å². The van der Waals surface area contributed by atoms with Crippen LogP contribution in [0.15, 0.2) is 41.7 Å². The average molecular weight is 294 g/mol. The average Bonchev–Trinajstić information content (AvgIpc) is 2.84. The lowest BCUT2D eigenvalue weighted by Gasteiger charge is -2.09. The van der Waals surface area contributed by atoms with Crippen LogP contribution in [0.4, 0.5) is 5.69 Å². The van der Waals surface area contributed by atoms with Gasteiger partial charge in [-0.25, -0.2) is 18.5 Å². The Balaban J connectivity index is 2.02. The summed E-state index contributed by atoms with van der Waals surface area (Å²) in [6.45, 7) is 3.68. The first-order chi connectivity index (χ1) is 9.50. The zero-order chi connectivity index (χ0) is 14.6. The van der Waals surface area contributed by atoms with Gasteiger partial charge in [0.1, 0.15) is 0 Å². The van der Waals surface area contributed by atoms with Crippen LogP contribution in [0.2, 0.25) is 0 Å². The number of nitrogens with zero attached hydrogens (tertiary/aromatic N) is 2. The predicted octanol–water partition coefficient (Wildman–Crippen LogP) is 1.55. The summed E-state index contributed by atoms with van der Waals surface area (Å²) in [5, 5.41) is 8.28. The summed E-state index contributed by atoms with van der Waals surface area (Å²) >= 11 is 0. The topological polar surface area (TPSA) is 90.0 Å². The number of benzene rings is 1. The Hall–Kier alpha value is -1.86. The highest BCUT2D eigenvalue weighted by molar-refractivity contribution is 7.89. The number of aromatic nitrogens is 2. The molecule has 6 nitrogen and oxygen atoms in total. The second-order valence-electron chi connectivity index (χ2n) is 4.50. The molecule has 7 heteroatoms. The lowest BCUT2D eigenvalue weighted by atomic mass is 10.3. The SMILES string of the molecule is CCCn1cncc1CNc1ccc(S(N)(=O)=O)cc1. The summed E-state index contributed by atoms with van der Waals surface area (Å²) in [4.78, 5) is 4.24. The first-order valence-corrected chi connectivity index (χ1v) is 7.91. The number of nitrogens with one attached hydrogen (secondary N) is 1. The fourth-order valence-electron chi connectivity index (χ4n) is 1.89. The molecule has 1 aromatic heterocycles. The summed E-state index contributed by atoms with van der Waals surface area (Å²) in [6.07, 6.45) is 4.68. The van der Waals surface area contributed by atoms with Crippen LogP contribution < -0.4 is 10.5 Å². The number of aryl methyl sites for hydroxylation is 1. The maximum absolute atomic E-state index is 11.2. The van der Waals surface area contributed by atoms with Crippen LogP contribution in [0, 0.1) is 0 Å². The number of primary sulfonamides is 1. The summed E-state index contributed by atoms with van der Waals surface area (Å²) < 4.78 is 24.4. The molecule has 108 valence electrons. The van der Waals surface area contributed by atoms with Crippen molar-refractivity contribution in [3.8, 4) is 0 Å². The van der Waals surface area contributed by atoms with E-state index in [2.05, 4.69) is 21.8 Å². The highest BCUT2D eigenvalue weighted by Gasteiger charge is 2.07. The van der Waals surface area contributed by atoms with Gasteiger partial charge in [-0.15, -0.1) is 0 Å². The lowest BCUT2D eigenvalue weighted by molar-refractivity contribution is 0.598. The molecule has 2 aromatic rings. The number of sulfonamides is 1. The van der Waals surface area contributed by atoms with E-state index in [9.17, 15) is 8.42 Å². The Morgan fingerprint density at radius 1 is 1.30 bits per heavy atom. The molecule has 0 saturated carbocycles. The summed E-state index contributed by atoms with van der Waals surface area (Å²) in [5.74, 6) is 0. The largest absolute Gasteiger partial charge is 0.379 e. The molecule has 0 aliphatic heterocycles. The van der Waals surface area contributed by atoms with E-state index in [0.717, 1.165) is 24.3 Å². The van der Waals surface area contributed by atoms with E-state index in [0.29, 0.717) is 6.54 Å². The second kappa shape index (κ2) is 6.06. The van der Waals surface area contributed by atoms with Crippen molar-refractivity contribution in [3.05, 3.63) is 42.5 Å². The molecule has 0 radical (unpaired) electrons. The number of nitrogens with two attached hydrogens (primary N) is 1. The molecular formula is C13H18N4O2S. The van der Waals surface area contributed by atoms with Crippen molar-refractivity contribution in [2.75, 3.05) is 5.32 Å². The Kier molecular flexibility index (Phi) is 4.41. The van der Waals surface area contributed by atoms with Crippen molar-refractivity contribution in [1.82, 2.24) is 9.55 Å². The number of rotatable bonds is 6. The standard InChI is InChI=1S/C13H18N4O2S/c1-2-7-17-10-15-8-12(17)9-16-11-3-5-13(6-4-11)20(14,18)19/h3-6,8,10,16H,2,7,9H2,1H3,(H2,14,18,19). The van der Waals surface area contributed by atoms with E-state index in [-0.39, 0.29) is 4.90 Å². The molecule has 0 aliphatic rings. The molecule has 0 spiro atoms. The molecule has 0 unspecified atom stereocenters. The van der Waals surface area contributed by atoms with Crippen LogP contribution in [0.3, 0.4) is 0 Å². The molecule has 20 heavy (non-hydrogen) atoms. The summed E-state index contributed by atoms with van der Waals surface area (Å²) in [5.41, 5.74) is 1.92. The first-order valence-electron chi connectivity index (χ1n) is 6.36. The van der Waals surface area contributed by atoms with Gasteiger partial charge in [-0.2, -0.15) is 0 Å². The van der Waals surface area contributed by atoms with Crippen LogP contribution in [-0.4, -0.2) is 18.0 Å². The van der Waals surface area contributed by atoms with Crippen LogP contribution in [-0.2, 0) is 23.1 Å². The van der Waals surface area contributed by atoms with E-state index in [1.165, 1.54) is 12.1 Å². The maximum atomic E-state index is 11.2. The van der Waals surface area contributed by atoms with Gasteiger partial charge in [0.15, 0.2) is 0 Å². The van der Waals surface area contributed by atoms with E-state index in [1.54, 1.807) is 12.1 Å². The monoisotopic (exact) mass is 294 g/mol. The van der Waals surface area contributed by atoms with Crippen molar-refractivity contribution in [2.24, 2.45) is 5.14 Å². The van der Waals surface area contributed by atoms with Gasteiger partial charge >= 0.3 is 0 Å². The van der Waals surface area contributed by atoms with Gasteiger partial charge in [0.25, 0.3) is 0 Å². The molecule has 0 atom stereocenters. The highest BCUT2D eigenvalue weighted by Crippen LogP contribution is 2.14. The number of imidazole rings is 1. The zero-order valence-corrected chi connectivity index (χ0v) is 12.1. The Bertz CT molecular complexity index is 662.